The number of hydrogen-bond donors (Lipinski definition) is 1. The molecule has 0 saturated carbocycles. The van der Waals surface area contributed by atoms with Crippen LogP contribution in [0.4, 0.5) is 26.3 Å². The zero-order chi connectivity index (χ0) is 21.9. The Hall–Kier alpha value is -1.77. The summed E-state index contributed by atoms with van der Waals surface area (Å²) in [5.74, 6) is -2.43. The number of benzene rings is 1. The van der Waals surface area contributed by atoms with Gasteiger partial charge in [-0.25, -0.2) is 4.79 Å². The third-order valence-corrected chi connectivity index (χ3v) is 4.14. The van der Waals surface area contributed by atoms with Gasteiger partial charge in [-0.05, 0) is 41.9 Å². The van der Waals surface area contributed by atoms with Gasteiger partial charge in [-0.15, -0.1) is 0 Å². The molecule has 3 atom stereocenters. The summed E-state index contributed by atoms with van der Waals surface area (Å²) in [6.45, 7) is 8.62. The van der Waals surface area contributed by atoms with E-state index in [2.05, 4.69) is 27.7 Å². The molecule has 0 spiro atoms. The number of hydrogen-bond acceptors (Lipinski definition) is 2. The van der Waals surface area contributed by atoms with E-state index in [0.717, 1.165) is 30.5 Å². The molecule has 28 heavy (non-hydrogen) atoms. The molecule has 160 valence electrons. The molecule has 0 radical (unpaired) electrons. The number of alkyl halides is 6. The summed E-state index contributed by atoms with van der Waals surface area (Å²) in [6, 6.07) is 5.37. The van der Waals surface area contributed by atoms with Crippen LogP contribution >= 0.6 is 0 Å². The summed E-state index contributed by atoms with van der Waals surface area (Å²) in [6.07, 6.45) is -7.35. The van der Waals surface area contributed by atoms with Gasteiger partial charge in [-0.1, -0.05) is 39.8 Å². The minimum Gasteiger partial charge on any atom is -0.475 e. The summed E-state index contributed by atoms with van der Waals surface area (Å²) in [5, 5.41) is 7.12. The number of carbonyl (C=O) groups is 1. The van der Waals surface area contributed by atoms with Gasteiger partial charge in [-0.3, -0.25) is 0 Å². The maximum atomic E-state index is 12.6. The first-order valence-electron chi connectivity index (χ1n) is 8.63. The quantitative estimate of drug-likeness (QED) is 0.583. The fourth-order valence-corrected chi connectivity index (χ4v) is 3.02. The monoisotopic (exact) mass is 414 g/mol. The third-order valence-electron chi connectivity index (χ3n) is 4.14. The van der Waals surface area contributed by atoms with Crippen LogP contribution in [0, 0.1) is 11.3 Å². The maximum absolute atomic E-state index is 12.6. The van der Waals surface area contributed by atoms with Gasteiger partial charge in [0, 0.05) is 0 Å². The Morgan fingerprint density at radius 3 is 1.89 bits per heavy atom. The van der Waals surface area contributed by atoms with Crippen LogP contribution in [-0.4, -0.2) is 23.4 Å². The average Bonchev–Trinajstić information content (AvgIpc) is 2.84. The molecule has 1 unspecified atom stereocenters. The first kappa shape index (κ1) is 24.3. The molecule has 3 nitrogen and oxygen atoms in total. The molecule has 0 aromatic heterocycles. The van der Waals surface area contributed by atoms with Gasteiger partial charge >= 0.3 is 18.3 Å². The molecule has 0 aliphatic carbocycles. The van der Waals surface area contributed by atoms with E-state index >= 15 is 0 Å². The Morgan fingerprint density at radius 1 is 1.07 bits per heavy atom. The lowest BCUT2D eigenvalue weighted by molar-refractivity contribution is -0.192. The van der Waals surface area contributed by atoms with Gasteiger partial charge in [0.15, 0.2) is 0 Å². The summed E-state index contributed by atoms with van der Waals surface area (Å²) in [5.41, 5.74) is 0.425. The molecule has 1 fully saturated rings. The standard InChI is InChI=1S/C17H23F3O.C2HF3O2/c1-11-9-14(10-16(2,3)4)21-15(11)12-5-7-13(8-6-12)17(18,19)20;3-2(4,5)1(6)7/h5-8,11,14-15H,9-10H2,1-4H3;(H,6,7)/t11-,14+,15?;/m1./s1. The summed E-state index contributed by atoms with van der Waals surface area (Å²) in [4.78, 5) is 8.90. The van der Waals surface area contributed by atoms with Crippen LogP contribution in [-0.2, 0) is 15.7 Å². The zero-order valence-corrected chi connectivity index (χ0v) is 16.0. The van der Waals surface area contributed by atoms with Crippen LogP contribution in [0.2, 0.25) is 0 Å². The van der Waals surface area contributed by atoms with Crippen molar-refractivity contribution < 1.29 is 41.0 Å². The number of carboxylic acid groups (broad SMARTS) is 1. The second-order valence-electron chi connectivity index (χ2n) is 8.08. The molecule has 0 amide bonds. The van der Waals surface area contributed by atoms with Crippen LogP contribution in [0.3, 0.4) is 0 Å². The van der Waals surface area contributed by atoms with Gasteiger partial charge in [-0.2, -0.15) is 26.3 Å². The van der Waals surface area contributed by atoms with Gasteiger partial charge in [0.2, 0.25) is 0 Å². The van der Waals surface area contributed by atoms with E-state index in [9.17, 15) is 26.3 Å². The van der Waals surface area contributed by atoms with Crippen LogP contribution < -0.4 is 0 Å². The van der Waals surface area contributed by atoms with Crippen molar-refractivity contribution in [2.75, 3.05) is 0 Å². The Morgan fingerprint density at radius 2 is 1.54 bits per heavy atom. The smallest absolute Gasteiger partial charge is 0.475 e. The van der Waals surface area contributed by atoms with Crippen molar-refractivity contribution in [3.63, 3.8) is 0 Å². The maximum Gasteiger partial charge on any atom is 0.490 e. The first-order valence-corrected chi connectivity index (χ1v) is 8.63. The molecule has 2 rings (SSSR count). The Kier molecular flexibility index (Phi) is 7.55. The molecule has 1 aliphatic heterocycles. The van der Waals surface area contributed by atoms with E-state index in [1.165, 1.54) is 0 Å². The van der Waals surface area contributed by atoms with Crippen molar-refractivity contribution in [3.05, 3.63) is 35.4 Å². The minimum absolute atomic E-state index is 0.0976. The molecular formula is C19H24F6O3. The Balaban J connectivity index is 0.000000480. The van der Waals surface area contributed by atoms with E-state index in [1.54, 1.807) is 12.1 Å². The average molecular weight is 414 g/mol. The number of aliphatic carboxylic acids is 1. The number of ether oxygens (including phenoxy) is 1. The zero-order valence-electron chi connectivity index (χ0n) is 16.0. The van der Waals surface area contributed by atoms with Gasteiger partial charge in [0.1, 0.15) is 0 Å². The molecule has 1 aromatic rings. The molecule has 1 aromatic carbocycles. The highest BCUT2D eigenvalue weighted by Gasteiger charge is 2.38. The highest BCUT2D eigenvalue weighted by atomic mass is 19.4. The highest BCUT2D eigenvalue weighted by molar-refractivity contribution is 5.73. The van der Waals surface area contributed by atoms with Crippen molar-refractivity contribution in [1.82, 2.24) is 0 Å². The summed E-state index contributed by atoms with van der Waals surface area (Å²) in [7, 11) is 0. The molecule has 0 bridgehead atoms. The van der Waals surface area contributed by atoms with E-state index < -0.39 is 23.9 Å². The number of carboxylic acids is 1. The minimum atomic E-state index is -5.08. The van der Waals surface area contributed by atoms with E-state index in [0.29, 0.717) is 5.92 Å². The molecule has 1 saturated heterocycles. The third kappa shape index (κ3) is 7.69. The van der Waals surface area contributed by atoms with E-state index in [1.807, 2.05) is 0 Å². The molecule has 9 heteroatoms. The fraction of sp³-hybridized carbons (Fsp3) is 0.632. The fourth-order valence-electron chi connectivity index (χ4n) is 3.02. The predicted molar refractivity (Wildman–Crippen MR) is 90.6 cm³/mol. The lowest BCUT2D eigenvalue weighted by atomic mass is 9.86. The second kappa shape index (κ2) is 8.71. The molecule has 1 N–H and O–H groups in total. The van der Waals surface area contributed by atoms with Gasteiger partial charge < -0.3 is 9.84 Å². The predicted octanol–water partition coefficient (Wildman–Crippen LogP) is 6.24. The SMILES string of the molecule is C[C@@H]1C[C@@H](CC(C)(C)C)OC1c1ccc(C(F)(F)F)cc1.O=C(O)C(F)(F)F. The Labute approximate surface area is 159 Å². The summed E-state index contributed by atoms with van der Waals surface area (Å²) >= 11 is 0. The van der Waals surface area contributed by atoms with Crippen molar-refractivity contribution in [1.29, 1.82) is 0 Å². The molecule has 1 heterocycles. The van der Waals surface area contributed by atoms with Crippen molar-refractivity contribution in [3.8, 4) is 0 Å². The van der Waals surface area contributed by atoms with E-state index in [4.69, 9.17) is 14.6 Å². The van der Waals surface area contributed by atoms with Crippen molar-refractivity contribution >= 4 is 5.97 Å². The number of halogens is 6. The lowest BCUT2D eigenvalue weighted by Crippen LogP contribution is -2.21. The van der Waals surface area contributed by atoms with Crippen LogP contribution in [0.5, 0.6) is 0 Å². The van der Waals surface area contributed by atoms with Gasteiger partial charge in [0.05, 0.1) is 17.8 Å². The normalized spacial score (nSPS) is 23.1. The van der Waals surface area contributed by atoms with Crippen molar-refractivity contribution in [2.45, 2.75) is 65.1 Å². The number of rotatable bonds is 2. The van der Waals surface area contributed by atoms with Crippen LogP contribution in [0.25, 0.3) is 0 Å². The van der Waals surface area contributed by atoms with Gasteiger partial charge in [0.25, 0.3) is 0 Å². The molecule has 1 aliphatic rings. The first-order chi connectivity index (χ1) is 12.5. The van der Waals surface area contributed by atoms with Crippen LogP contribution in [0.15, 0.2) is 24.3 Å². The topological polar surface area (TPSA) is 46.5 Å². The summed E-state index contributed by atoms with van der Waals surface area (Å²) < 4.78 is 75.6. The molecular weight excluding hydrogens is 390 g/mol. The largest absolute Gasteiger partial charge is 0.490 e. The van der Waals surface area contributed by atoms with E-state index in [-0.39, 0.29) is 17.6 Å². The lowest BCUT2D eigenvalue weighted by Gasteiger charge is -2.23. The van der Waals surface area contributed by atoms with Crippen LogP contribution in [0.1, 0.15) is 57.8 Å². The Bertz CT molecular complexity index is 644. The second-order valence-corrected chi connectivity index (χ2v) is 8.08. The highest BCUT2D eigenvalue weighted by Crippen LogP contribution is 2.42. The van der Waals surface area contributed by atoms with Crippen molar-refractivity contribution in [2.24, 2.45) is 11.3 Å².